The molecule has 1 unspecified atom stereocenters. The van der Waals surface area contributed by atoms with Crippen molar-refractivity contribution >= 4 is 43.5 Å². The first kappa shape index (κ1) is 14.9. The summed E-state index contributed by atoms with van der Waals surface area (Å²) in [6.45, 7) is 0. The summed E-state index contributed by atoms with van der Waals surface area (Å²) in [6, 6.07) is 10.8. The molecule has 2 aromatic carbocycles. The van der Waals surface area contributed by atoms with Gasteiger partial charge in [-0.25, -0.2) is 0 Å². The first-order valence-corrected chi connectivity index (χ1v) is 7.45. The number of methoxy groups -OCH3 is 1. The zero-order valence-corrected chi connectivity index (χ0v) is 14.0. The molecule has 0 saturated heterocycles. The molecule has 0 amide bonds. The second-order valence-electron chi connectivity index (χ2n) is 3.96. The molecule has 1 atom stereocenters. The monoisotopic (exact) mass is 404 g/mol. The van der Waals surface area contributed by atoms with Gasteiger partial charge in [-0.1, -0.05) is 49.5 Å². The highest BCUT2D eigenvalue weighted by molar-refractivity contribution is 9.10. The molecular formula is C14H11Br2ClO2. The number of halogens is 3. The number of rotatable bonds is 3. The third kappa shape index (κ3) is 3.31. The SMILES string of the molecule is COc1ccc(C(O)c2cc(Cl)ccc2Br)c(Br)c1. The third-order valence-corrected chi connectivity index (χ3v) is 4.40. The number of hydrogen-bond donors (Lipinski definition) is 1. The van der Waals surface area contributed by atoms with Crippen molar-refractivity contribution in [3.05, 3.63) is 61.5 Å². The van der Waals surface area contributed by atoms with E-state index < -0.39 is 6.10 Å². The molecule has 0 aliphatic rings. The smallest absolute Gasteiger partial charge is 0.120 e. The van der Waals surface area contributed by atoms with Crippen molar-refractivity contribution in [3.8, 4) is 5.75 Å². The summed E-state index contributed by atoms with van der Waals surface area (Å²) in [7, 11) is 1.60. The summed E-state index contributed by atoms with van der Waals surface area (Å²) in [5.41, 5.74) is 1.47. The third-order valence-electron chi connectivity index (χ3n) is 2.75. The van der Waals surface area contributed by atoms with Gasteiger partial charge in [0, 0.05) is 19.5 Å². The van der Waals surface area contributed by atoms with Gasteiger partial charge in [0.05, 0.1) is 7.11 Å². The lowest BCUT2D eigenvalue weighted by atomic mass is 10.0. The summed E-state index contributed by atoms with van der Waals surface area (Å²) >= 11 is 12.8. The van der Waals surface area contributed by atoms with E-state index in [0.717, 1.165) is 25.8 Å². The highest BCUT2D eigenvalue weighted by Gasteiger charge is 2.17. The molecule has 0 fully saturated rings. The molecule has 0 spiro atoms. The quantitative estimate of drug-likeness (QED) is 0.781. The average Bonchev–Trinajstić information content (AvgIpc) is 2.40. The molecule has 1 N–H and O–H groups in total. The van der Waals surface area contributed by atoms with Crippen molar-refractivity contribution in [2.75, 3.05) is 7.11 Å². The van der Waals surface area contributed by atoms with Gasteiger partial charge in [0.15, 0.2) is 0 Å². The Morgan fingerprint density at radius 2 is 1.79 bits per heavy atom. The first-order chi connectivity index (χ1) is 9.02. The van der Waals surface area contributed by atoms with Crippen LogP contribution in [0.15, 0.2) is 45.3 Å². The highest BCUT2D eigenvalue weighted by atomic mass is 79.9. The summed E-state index contributed by atoms with van der Waals surface area (Å²) in [6.07, 6.45) is -0.770. The molecule has 19 heavy (non-hydrogen) atoms. The zero-order valence-electron chi connectivity index (χ0n) is 10.0. The number of hydrogen-bond acceptors (Lipinski definition) is 2. The van der Waals surface area contributed by atoms with Crippen molar-refractivity contribution in [1.29, 1.82) is 0 Å². The fraction of sp³-hybridized carbons (Fsp3) is 0.143. The zero-order chi connectivity index (χ0) is 14.0. The Bertz CT molecular complexity index is 602. The lowest BCUT2D eigenvalue weighted by Crippen LogP contribution is -2.02. The highest BCUT2D eigenvalue weighted by Crippen LogP contribution is 2.35. The Morgan fingerprint density at radius 3 is 2.42 bits per heavy atom. The minimum absolute atomic E-state index is 0.585. The van der Waals surface area contributed by atoms with Gasteiger partial charge in [-0.15, -0.1) is 0 Å². The largest absolute Gasteiger partial charge is 0.497 e. The molecule has 0 aliphatic carbocycles. The number of benzene rings is 2. The molecular weight excluding hydrogens is 395 g/mol. The van der Waals surface area contributed by atoms with E-state index in [-0.39, 0.29) is 0 Å². The predicted molar refractivity (Wildman–Crippen MR) is 83.9 cm³/mol. The molecule has 100 valence electrons. The van der Waals surface area contributed by atoms with Gasteiger partial charge >= 0.3 is 0 Å². The topological polar surface area (TPSA) is 29.5 Å². The molecule has 5 heteroatoms. The molecule has 0 aliphatic heterocycles. The Balaban J connectivity index is 2.43. The maximum absolute atomic E-state index is 10.5. The van der Waals surface area contributed by atoms with Crippen LogP contribution in [0.4, 0.5) is 0 Å². The van der Waals surface area contributed by atoms with Gasteiger partial charge < -0.3 is 9.84 Å². The van der Waals surface area contributed by atoms with Crippen LogP contribution >= 0.6 is 43.5 Å². The summed E-state index contributed by atoms with van der Waals surface area (Å²) in [5.74, 6) is 0.730. The van der Waals surface area contributed by atoms with Crippen molar-refractivity contribution in [1.82, 2.24) is 0 Å². The fourth-order valence-electron chi connectivity index (χ4n) is 1.75. The van der Waals surface area contributed by atoms with E-state index in [2.05, 4.69) is 31.9 Å². The fourth-order valence-corrected chi connectivity index (χ4v) is 2.97. The molecule has 0 heterocycles. The van der Waals surface area contributed by atoms with Gasteiger partial charge in [-0.3, -0.25) is 0 Å². The van der Waals surface area contributed by atoms with E-state index in [1.807, 2.05) is 24.3 Å². The molecule has 2 aromatic rings. The van der Waals surface area contributed by atoms with E-state index in [9.17, 15) is 5.11 Å². The van der Waals surface area contributed by atoms with Crippen molar-refractivity contribution in [3.63, 3.8) is 0 Å². The number of aliphatic hydroxyl groups excluding tert-OH is 1. The second-order valence-corrected chi connectivity index (χ2v) is 6.10. The molecule has 0 radical (unpaired) electrons. The number of ether oxygens (including phenoxy) is 1. The number of aliphatic hydroxyl groups is 1. The van der Waals surface area contributed by atoms with Crippen LogP contribution in [0.1, 0.15) is 17.2 Å². The lowest BCUT2D eigenvalue weighted by molar-refractivity contribution is 0.218. The van der Waals surface area contributed by atoms with Gasteiger partial charge in [0.2, 0.25) is 0 Å². The predicted octanol–water partition coefficient (Wildman–Crippen LogP) is 4.96. The van der Waals surface area contributed by atoms with Crippen LogP contribution in [0.25, 0.3) is 0 Å². The van der Waals surface area contributed by atoms with Crippen LogP contribution in [0.5, 0.6) is 5.75 Å². The average molecular weight is 407 g/mol. The van der Waals surface area contributed by atoms with E-state index in [4.69, 9.17) is 16.3 Å². The molecule has 2 rings (SSSR count). The molecule has 2 nitrogen and oxygen atoms in total. The van der Waals surface area contributed by atoms with Gasteiger partial charge in [0.1, 0.15) is 11.9 Å². The van der Waals surface area contributed by atoms with Crippen molar-refractivity contribution < 1.29 is 9.84 Å². The van der Waals surface area contributed by atoms with Crippen LogP contribution in [0.3, 0.4) is 0 Å². The maximum Gasteiger partial charge on any atom is 0.120 e. The van der Waals surface area contributed by atoms with Gasteiger partial charge in [-0.05, 0) is 35.9 Å². The van der Waals surface area contributed by atoms with Crippen LogP contribution in [-0.4, -0.2) is 12.2 Å². The van der Waals surface area contributed by atoms with E-state index in [1.54, 1.807) is 19.2 Å². The molecule has 0 aromatic heterocycles. The van der Waals surface area contributed by atoms with Gasteiger partial charge in [-0.2, -0.15) is 0 Å². The van der Waals surface area contributed by atoms with E-state index in [0.29, 0.717) is 5.02 Å². The lowest BCUT2D eigenvalue weighted by Gasteiger charge is -2.16. The normalized spacial score (nSPS) is 12.3. The first-order valence-electron chi connectivity index (χ1n) is 5.49. The van der Waals surface area contributed by atoms with Crippen molar-refractivity contribution in [2.45, 2.75) is 6.10 Å². The van der Waals surface area contributed by atoms with Gasteiger partial charge in [0.25, 0.3) is 0 Å². The molecule has 0 bridgehead atoms. The standard InChI is InChI=1S/C14H11Br2ClO2/c1-19-9-3-4-10(13(16)7-9)14(18)11-6-8(17)2-5-12(11)15/h2-7,14,18H,1H3. The van der Waals surface area contributed by atoms with Crippen LogP contribution in [-0.2, 0) is 0 Å². The van der Waals surface area contributed by atoms with E-state index >= 15 is 0 Å². The second kappa shape index (κ2) is 6.27. The molecule has 0 saturated carbocycles. The Morgan fingerprint density at radius 1 is 1.05 bits per heavy atom. The van der Waals surface area contributed by atoms with Crippen LogP contribution in [0.2, 0.25) is 5.02 Å². The summed E-state index contributed by atoms with van der Waals surface area (Å²) < 4.78 is 6.73. The maximum atomic E-state index is 10.5. The summed E-state index contributed by atoms with van der Waals surface area (Å²) in [4.78, 5) is 0. The van der Waals surface area contributed by atoms with Crippen LogP contribution in [0, 0.1) is 0 Å². The Hall–Kier alpha value is -0.550. The van der Waals surface area contributed by atoms with Crippen LogP contribution < -0.4 is 4.74 Å². The van der Waals surface area contributed by atoms with Crippen molar-refractivity contribution in [2.24, 2.45) is 0 Å². The summed E-state index contributed by atoms with van der Waals surface area (Å²) in [5, 5.41) is 11.1. The Kier molecular flexibility index (Phi) is 4.90. The minimum Gasteiger partial charge on any atom is -0.497 e. The minimum atomic E-state index is -0.770. The Labute approximate surface area is 133 Å². The van der Waals surface area contributed by atoms with E-state index in [1.165, 1.54) is 0 Å².